The fourth-order valence-electron chi connectivity index (χ4n) is 6.89. The van der Waals surface area contributed by atoms with Crippen LogP contribution in [0.3, 0.4) is 0 Å². The largest absolute Gasteiger partial charge is 0.466 e. The first-order valence-corrected chi connectivity index (χ1v) is 20.4. The number of hydrogen-bond donors (Lipinski definition) is 0. The van der Waals surface area contributed by atoms with Gasteiger partial charge in [-0.05, 0) is 79.1 Å². The van der Waals surface area contributed by atoms with Crippen LogP contribution in [0.25, 0.3) is 11.0 Å². The molecule has 0 aliphatic carbocycles. The minimum absolute atomic E-state index is 0.0483. The van der Waals surface area contributed by atoms with Crippen LogP contribution in [0.1, 0.15) is 77.6 Å². The van der Waals surface area contributed by atoms with Gasteiger partial charge in [-0.3, -0.25) is 4.79 Å². The van der Waals surface area contributed by atoms with Crippen LogP contribution in [0.4, 0.5) is 0 Å². The lowest BCUT2D eigenvalue weighted by Crippen LogP contribution is -2.38. The number of benzene rings is 4. The second kappa shape index (κ2) is 19.2. The normalized spacial score (nSPS) is 15.2. The molecule has 12 nitrogen and oxygen atoms in total. The van der Waals surface area contributed by atoms with Crippen molar-refractivity contribution in [2.45, 2.75) is 72.3 Å². The average Bonchev–Trinajstić information content (AvgIpc) is 3.62. The van der Waals surface area contributed by atoms with Crippen LogP contribution >= 0.6 is 0 Å². The molecule has 1 aromatic heterocycles. The minimum atomic E-state index is -4.17. The number of rotatable bonds is 19. The molecule has 0 saturated carbocycles. The van der Waals surface area contributed by atoms with E-state index in [2.05, 4.69) is 10.3 Å². The number of carbonyl (C=O) groups is 1. The Bertz CT molecular complexity index is 2210. The molecule has 56 heavy (non-hydrogen) atoms. The molecule has 0 bridgehead atoms. The lowest BCUT2D eigenvalue weighted by atomic mass is 9.83. The molecule has 4 aromatic carbocycles. The Morgan fingerprint density at radius 3 is 2.30 bits per heavy atom. The van der Waals surface area contributed by atoms with Crippen LogP contribution < -0.4 is 0 Å². The SMILES string of the molecule is CCOC(=O)CC(c1ccc(C)c([C@@H](C)N2CC=C(OCc3ccccc3)OS2(=O)=O)c1)c1ccc2c(nnn2CCOCCCOCc2ccccc2)c1C. The predicted octanol–water partition coefficient (Wildman–Crippen LogP) is 7.45. The molecular weight excluding hydrogens is 733 g/mol. The van der Waals surface area contributed by atoms with Crippen molar-refractivity contribution in [2.75, 3.05) is 33.0 Å². The number of esters is 1. The van der Waals surface area contributed by atoms with Crippen LogP contribution in [0.5, 0.6) is 0 Å². The van der Waals surface area contributed by atoms with E-state index in [1.165, 1.54) is 4.31 Å². The summed E-state index contributed by atoms with van der Waals surface area (Å²) < 4.78 is 58.1. The third-order valence-corrected chi connectivity index (χ3v) is 11.3. The summed E-state index contributed by atoms with van der Waals surface area (Å²) in [6.07, 6.45) is 2.51. The molecule has 1 aliphatic heterocycles. The van der Waals surface area contributed by atoms with Crippen LogP contribution in [-0.2, 0) is 58.0 Å². The number of carbonyl (C=O) groups excluding carboxylic acids is 1. The van der Waals surface area contributed by atoms with Gasteiger partial charge in [0.05, 0.1) is 44.3 Å². The van der Waals surface area contributed by atoms with Crippen molar-refractivity contribution in [3.63, 3.8) is 0 Å². The molecule has 5 aromatic rings. The van der Waals surface area contributed by atoms with Crippen LogP contribution in [0, 0.1) is 13.8 Å². The zero-order valence-electron chi connectivity index (χ0n) is 32.4. The molecule has 0 amide bonds. The van der Waals surface area contributed by atoms with Gasteiger partial charge in [-0.1, -0.05) is 90.1 Å². The average molecular weight is 783 g/mol. The molecule has 2 heterocycles. The standard InChI is InChI=1S/C43H50N4O8S/c1-5-53-41(48)28-39(37-19-20-40-43(32(37)3)44-45-46(40)23-26-51-24-12-25-52-29-34-13-8-6-9-14-34)36-18-17-31(2)38(27-36)33(4)47-22-21-42(55-56(47,49)50)54-30-35-15-10-7-11-16-35/h6-11,13-21,27,33,39H,5,12,22-26,28-30H2,1-4H3/t33-,39?/m1/s1. The summed E-state index contributed by atoms with van der Waals surface area (Å²) in [5.74, 6) is -0.777. The molecule has 1 unspecified atom stereocenters. The van der Waals surface area contributed by atoms with Gasteiger partial charge in [-0.2, -0.15) is 12.7 Å². The third kappa shape index (κ3) is 10.2. The fourth-order valence-corrected chi connectivity index (χ4v) is 8.06. The number of aryl methyl sites for hydroxylation is 2. The Balaban J connectivity index is 1.15. The van der Waals surface area contributed by atoms with Gasteiger partial charge >= 0.3 is 16.3 Å². The van der Waals surface area contributed by atoms with Crippen molar-refractivity contribution in [2.24, 2.45) is 0 Å². The first-order valence-electron chi connectivity index (χ1n) is 19.0. The second-order valence-electron chi connectivity index (χ2n) is 13.7. The Morgan fingerprint density at radius 2 is 1.59 bits per heavy atom. The van der Waals surface area contributed by atoms with Crippen molar-refractivity contribution in [1.29, 1.82) is 0 Å². The van der Waals surface area contributed by atoms with E-state index in [1.54, 1.807) is 13.0 Å². The summed E-state index contributed by atoms with van der Waals surface area (Å²) in [5, 5.41) is 8.96. The van der Waals surface area contributed by atoms with Gasteiger partial charge in [-0.25, -0.2) is 4.68 Å². The highest BCUT2D eigenvalue weighted by Crippen LogP contribution is 2.37. The zero-order chi connectivity index (χ0) is 39.5. The predicted molar refractivity (Wildman–Crippen MR) is 213 cm³/mol. The molecule has 1 aliphatic rings. The number of aromatic nitrogens is 3. The van der Waals surface area contributed by atoms with E-state index in [1.807, 2.05) is 116 Å². The summed E-state index contributed by atoms with van der Waals surface area (Å²) in [6, 6.07) is 28.9. The van der Waals surface area contributed by atoms with Crippen LogP contribution in [-0.4, -0.2) is 66.7 Å². The third-order valence-electron chi connectivity index (χ3n) is 9.89. The summed E-state index contributed by atoms with van der Waals surface area (Å²) in [7, 11) is -4.17. The lowest BCUT2D eigenvalue weighted by molar-refractivity contribution is -0.143. The van der Waals surface area contributed by atoms with E-state index >= 15 is 0 Å². The van der Waals surface area contributed by atoms with Crippen molar-refractivity contribution in [3.05, 3.63) is 142 Å². The molecule has 6 rings (SSSR count). The van der Waals surface area contributed by atoms with Gasteiger partial charge in [0, 0.05) is 31.8 Å². The summed E-state index contributed by atoms with van der Waals surface area (Å²) in [4.78, 5) is 13.1. The van der Waals surface area contributed by atoms with E-state index in [9.17, 15) is 13.2 Å². The molecule has 2 atom stereocenters. The summed E-state index contributed by atoms with van der Waals surface area (Å²) in [5.41, 5.74) is 7.99. The maximum atomic E-state index is 13.4. The topological polar surface area (TPSA) is 131 Å². The lowest BCUT2D eigenvalue weighted by Gasteiger charge is -2.31. The Kier molecular flexibility index (Phi) is 13.9. The van der Waals surface area contributed by atoms with Gasteiger partial charge in [0.25, 0.3) is 5.95 Å². The van der Waals surface area contributed by atoms with E-state index in [4.69, 9.17) is 23.1 Å². The van der Waals surface area contributed by atoms with E-state index in [-0.39, 0.29) is 38.1 Å². The van der Waals surface area contributed by atoms with Crippen molar-refractivity contribution in [1.82, 2.24) is 19.3 Å². The molecular formula is C43H50N4O8S. The molecule has 0 saturated heterocycles. The first kappa shape index (κ1) is 40.6. The Labute approximate surface area is 329 Å². The number of fused-ring (bicyclic) bond motifs is 1. The fraction of sp³-hybridized carbons (Fsp3) is 0.372. The Hall–Kier alpha value is -5.08. The molecule has 13 heteroatoms. The van der Waals surface area contributed by atoms with Gasteiger partial charge in [0.2, 0.25) is 0 Å². The van der Waals surface area contributed by atoms with E-state index < -0.39 is 22.3 Å². The summed E-state index contributed by atoms with van der Waals surface area (Å²) >= 11 is 0. The van der Waals surface area contributed by atoms with Crippen LogP contribution in [0.15, 0.2) is 103 Å². The molecule has 0 spiro atoms. The Morgan fingerprint density at radius 1 is 0.875 bits per heavy atom. The van der Waals surface area contributed by atoms with Crippen molar-refractivity contribution < 1.29 is 36.3 Å². The van der Waals surface area contributed by atoms with Crippen LogP contribution in [0.2, 0.25) is 0 Å². The van der Waals surface area contributed by atoms with E-state index in [0.29, 0.717) is 33.0 Å². The highest BCUT2D eigenvalue weighted by atomic mass is 32.2. The monoisotopic (exact) mass is 782 g/mol. The number of nitrogens with zero attached hydrogens (tertiary/aromatic N) is 4. The van der Waals surface area contributed by atoms with Crippen molar-refractivity contribution in [3.8, 4) is 0 Å². The smallest absolute Gasteiger partial charge is 0.388 e. The highest BCUT2D eigenvalue weighted by Gasteiger charge is 2.35. The number of hydrogen-bond acceptors (Lipinski definition) is 10. The second-order valence-corrected chi connectivity index (χ2v) is 15.2. The maximum Gasteiger partial charge on any atom is 0.388 e. The maximum absolute atomic E-state index is 13.4. The molecule has 0 radical (unpaired) electrons. The van der Waals surface area contributed by atoms with Gasteiger partial charge in [0.15, 0.2) is 0 Å². The highest BCUT2D eigenvalue weighted by molar-refractivity contribution is 7.84. The van der Waals surface area contributed by atoms with Gasteiger partial charge < -0.3 is 23.1 Å². The minimum Gasteiger partial charge on any atom is -0.466 e. The van der Waals surface area contributed by atoms with Crippen molar-refractivity contribution >= 4 is 27.3 Å². The number of ether oxygens (including phenoxy) is 4. The zero-order valence-corrected chi connectivity index (χ0v) is 33.2. The van der Waals surface area contributed by atoms with Gasteiger partial charge in [0.1, 0.15) is 12.1 Å². The molecule has 0 N–H and O–H groups in total. The molecule has 0 fully saturated rings. The first-order chi connectivity index (χ1) is 27.1. The van der Waals surface area contributed by atoms with Gasteiger partial charge in [-0.15, -0.1) is 5.10 Å². The van der Waals surface area contributed by atoms with E-state index in [0.717, 1.165) is 56.4 Å². The quantitative estimate of drug-likeness (QED) is 0.0615. The summed E-state index contributed by atoms with van der Waals surface area (Å²) in [6.45, 7) is 10.8. The molecule has 296 valence electrons.